The van der Waals surface area contributed by atoms with Crippen LogP contribution in [0.4, 0.5) is 0 Å². The Labute approximate surface area is 78.0 Å². The third-order valence-electron chi connectivity index (χ3n) is 1.94. The molecular weight excluding hydrogens is 164 g/mol. The molecule has 1 rings (SSSR count). The van der Waals surface area contributed by atoms with Gasteiger partial charge in [-0.3, -0.25) is 4.98 Å². The summed E-state index contributed by atoms with van der Waals surface area (Å²) in [5, 5.41) is 8.52. The van der Waals surface area contributed by atoms with Gasteiger partial charge >= 0.3 is 0 Å². The normalized spacial score (nSPS) is 11.8. The first-order valence-electron chi connectivity index (χ1n) is 4.13. The summed E-state index contributed by atoms with van der Waals surface area (Å²) in [5.41, 5.74) is 1.04. The molecule has 0 aromatic carbocycles. The lowest BCUT2D eigenvalue weighted by Crippen LogP contribution is -1.94. The van der Waals surface area contributed by atoms with Gasteiger partial charge in [0.15, 0.2) is 0 Å². The van der Waals surface area contributed by atoms with E-state index in [0.717, 1.165) is 11.3 Å². The molecular formula is C10H12N2O. The highest BCUT2D eigenvalue weighted by Crippen LogP contribution is 2.20. The highest BCUT2D eigenvalue weighted by Gasteiger charge is 2.05. The largest absolute Gasteiger partial charge is 0.495 e. The summed E-state index contributed by atoms with van der Waals surface area (Å²) in [6, 6.07) is 4.05. The predicted octanol–water partition coefficient (Wildman–Crippen LogP) is 2.11. The van der Waals surface area contributed by atoms with E-state index in [0.29, 0.717) is 6.42 Å². The molecule has 0 amide bonds. The monoisotopic (exact) mass is 176 g/mol. The van der Waals surface area contributed by atoms with Crippen LogP contribution in [0.5, 0.6) is 5.75 Å². The topological polar surface area (TPSA) is 45.9 Å². The number of nitrogens with zero attached hydrogens (tertiary/aromatic N) is 2. The Morgan fingerprint density at radius 3 is 3.00 bits per heavy atom. The summed E-state index contributed by atoms with van der Waals surface area (Å²) < 4.78 is 5.04. The van der Waals surface area contributed by atoms with Crippen molar-refractivity contribution >= 4 is 0 Å². The van der Waals surface area contributed by atoms with Gasteiger partial charge in [0.2, 0.25) is 0 Å². The van der Waals surface area contributed by atoms with Crippen LogP contribution in [0.15, 0.2) is 18.5 Å². The second kappa shape index (κ2) is 4.46. The summed E-state index contributed by atoms with van der Waals surface area (Å²) in [5.74, 6) is 0.954. The van der Waals surface area contributed by atoms with Crippen molar-refractivity contribution < 1.29 is 4.74 Å². The van der Waals surface area contributed by atoms with Crippen molar-refractivity contribution in [1.82, 2.24) is 4.98 Å². The van der Waals surface area contributed by atoms with Crippen LogP contribution in [-0.4, -0.2) is 12.1 Å². The summed E-state index contributed by atoms with van der Waals surface area (Å²) in [6.07, 6.45) is 3.93. The number of methoxy groups -OCH3 is 1. The lowest BCUT2D eigenvalue weighted by atomic mass is 10.0. The van der Waals surface area contributed by atoms with Crippen LogP contribution in [0.1, 0.15) is 24.8 Å². The average Bonchev–Trinajstić information content (AvgIpc) is 2.18. The van der Waals surface area contributed by atoms with E-state index in [-0.39, 0.29) is 5.92 Å². The average molecular weight is 176 g/mol. The first-order chi connectivity index (χ1) is 6.27. The van der Waals surface area contributed by atoms with Crippen LogP contribution < -0.4 is 4.74 Å². The number of ether oxygens (including phenoxy) is 1. The molecule has 68 valence electrons. The van der Waals surface area contributed by atoms with Crippen molar-refractivity contribution in [2.24, 2.45) is 0 Å². The van der Waals surface area contributed by atoms with Crippen LogP contribution in [0.2, 0.25) is 0 Å². The summed E-state index contributed by atoms with van der Waals surface area (Å²) in [7, 11) is 1.61. The molecule has 3 nitrogen and oxygen atoms in total. The zero-order valence-corrected chi connectivity index (χ0v) is 7.82. The van der Waals surface area contributed by atoms with Gasteiger partial charge in [-0.15, -0.1) is 0 Å². The molecule has 0 radical (unpaired) electrons. The molecule has 0 saturated heterocycles. The van der Waals surface area contributed by atoms with Gasteiger partial charge in [0, 0.05) is 12.6 Å². The highest BCUT2D eigenvalue weighted by atomic mass is 16.5. The predicted molar refractivity (Wildman–Crippen MR) is 49.4 cm³/mol. The van der Waals surface area contributed by atoms with Crippen LogP contribution in [-0.2, 0) is 0 Å². The molecule has 13 heavy (non-hydrogen) atoms. The van der Waals surface area contributed by atoms with E-state index >= 15 is 0 Å². The third-order valence-corrected chi connectivity index (χ3v) is 1.94. The summed E-state index contributed by atoms with van der Waals surface area (Å²) in [4.78, 5) is 4.02. The van der Waals surface area contributed by atoms with E-state index in [4.69, 9.17) is 10.00 Å². The zero-order valence-electron chi connectivity index (χ0n) is 7.82. The molecule has 1 heterocycles. The molecule has 3 heteroatoms. The Morgan fingerprint density at radius 1 is 1.62 bits per heavy atom. The minimum atomic E-state index is 0.215. The molecule has 0 aliphatic rings. The van der Waals surface area contributed by atoms with Gasteiger partial charge in [-0.1, -0.05) is 6.92 Å². The number of rotatable bonds is 3. The Kier molecular flexibility index (Phi) is 3.27. The minimum Gasteiger partial charge on any atom is -0.495 e. The maximum absolute atomic E-state index is 8.52. The van der Waals surface area contributed by atoms with Crippen molar-refractivity contribution in [1.29, 1.82) is 5.26 Å². The molecule has 1 atom stereocenters. The van der Waals surface area contributed by atoms with Crippen LogP contribution in [0.25, 0.3) is 0 Å². The standard InChI is InChI=1S/C10H12N2O/c1-8(3-4-11)9-5-10(13-2)7-12-6-9/h5-8H,3H2,1-2H3. The Hall–Kier alpha value is -1.56. The second-order valence-corrected chi connectivity index (χ2v) is 2.92. The molecule has 1 unspecified atom stereocenters. The fraction of sp³-hybridized carbons (Fsp3) is 0.400. The zero-order chi connectivity index (χ0) is 9.68. The van der Waals surface area contributed by atoms with Gasteiger partial charge in [0.1, 0.15) is 5.75 Å². The summed E-state index contributed by atoms with van der Waals surface area (Å²) in [6.45, 7) is 2.00. The minimum absolute atomic E-state index is 0.215. The van der Waals surface area contributed by atoms with Gasteiger partial charge in [0.25, 0.3) is 0 Å². The van der Waals surface area contributed by atoms with Crippen molar-refractivity contribution in [3.05, 3.63) is 24.0 Å². The van der Waals surface area contributed by atoms with E-state index in [1.807, 2.05) is 13.0 Å². The maximum Gasteiger partial charge on any atom is 0.137 e. The lowest BCUT2D eigenvalue weighted by molar-refractivity contribution is 0.412. The van der Waals surface area contributed by atoms with Crippen molar-refractivity contribution in [3.63, 3.8) is 0 Å². The van der Waals surface area contributed by atoms with E-state index in [9.17, 15) is 0 Å². The molecule has 0 fully saturated rings. The number of hydrogen-bond acceptors (Lipinski definition) is 3. The highest BCUT2D eigenvalue weighted by molar-refractivity contribution is 5.26. The fourth-order valence-electron chi connectivity index (χ4n) is 1.07. The van der Waals surface area contributed by atoms with Gasteiger partial charge in [-0.2, -0.15) is 5.26 Å². The molecule has 1 aromatic rings. The first kappa shape index (κ1) is 9.53. The SMILES string of the molecule is COc1cncc(C(C)CC#N)c1. The molecule has 0 N–H and O–H groups in total. The van der Waals surface area contributed by atoms with E-state index in [2.05, 4.69) is 11.1 Å². The smallest absolute Gasteiger partial charge is 0.137 e. The van der Waals surface area contributed by atoms with Crippen molar-refractivity contribution in [2.45, 2.75) is 19.3 Å². The second-order valence-electron chi connectivity index (χ2n) is 2.92. The number of pyridine rings is 1. The number of hydrogen-bond donors (Lipinski definition) is 0. The lowest BCUT2D eigenvalue weighted by Gasteiger charge is -2.07. The van der Waals surface area contributed by atoms with Gasteiger partial charge < -0.3 is 4.74 Å². The quantitative estimate of drug-likeness (QED) is 0.708. The number of aromatic nitrogens is 1. The molecule has 1 aromatic heterocycles. The maximum atomic E-state index is 8.52. The van der Waals surface area contributed by atoms with E-state index in [1.54, 1.807) is 19.5 Å². The third kappa shape index (κ3) is 2.45. The molecule has 0 aliphatic heterocycles. The van der Waals surface area contributed by atoms with Crippen molar-refractivity contribution in [2.75, 3.05) is 7.11 Å². The van der Waals surface area contributed by atoms with Crippen LogP contribution in [0.3, 0.4) is 0 Å². The molecule has 0 spiro atoms. The summed E-state index contributed by atoms with van der Waals surface area (Å²) >= 11 is 0. The molecule has 0 aliphatic carbocycles. The first-order valence-corrected chi connectivity index (χ1v) is 4.13. The fourth-order valence-corrected chi connectivity index (χ4v) is 1.07. The van der Waals surface area contributed by atoms with Crippen molar-refractivity contribution in [3.8, 4) is 11.8 Å². The van der Waals surface area contributed by atoms with Gasteiger partial charge in [0.05, 0.1) is 19.4 Å². The number of nitriles is 1. The van der Waals surface area contributed by atoms with Gasteiger partial charge in [-0.05, 0) is 17.5 Å². The van der Waals surface area contributed by atoms with Gasteiger partial charge in [-0.25, -0.2) is 0 Å². The van der Waals surface area contributed by atoms with E-state index < -0.39 is 0 Å². The van der Waals surface area contributed by atoms with Crippen LogP contribution >= 0.6 is 0 Å². The molecule has 0 bridgehead atoms. The Bertz CT molecular complexity index is 317. The van der Waals surface area contributed by atoms with E-state index in [1.165, 1.54) is 0 Å². The Balaban J connectivity index is 2.83. The van der Waals surface area contributed by atoms with Crippen LogP contribution in [0, 0.1) is 11.3 Å². The Morgan fingerprint density at radius 2 is 2.38 bits per heavy atom. The molecule has 0 saturated carbocycles.